The maximum atomic E-state index is 4.31. The lowest BCUT2D eigenvalue weighted by atomic mass is 9.87. The summed E-state index contributed by atoms with van der Waals surface area (Å²) < 4.78 is 0. The molecule has 1 heterocycles. The molecule has 2 nitrogen and oxygen atoms in total. The Morgan fingerprint density at radius 1 is 1.08 bits per heavy atom. The van der Waals surface area contributed by atoms with E-state index >= 15 is 0 Å². The first-order valence-corrected chi connectivity index (χ1v) is 4.57. The molecular weight excluding hydrogens is 160 g/mol. The normalized spacial score (nSPS) is 14.7. The van der Waals surface area contributed by atoms with Crippen LogP contribution in [0.15, 0.2) is 28.2 Å². The fraction of sp³-hybridized carbons (Fsp3) is 0.455. The van der Waals surface area contributed by atoms with Gasteiger partial charge in [0.15, 0.2) is 0 Å². The van der Waals surface area contributed by atoms with Crippen molar-refractivity contribution in [2.45, 2.75) is 26.2 Å². The van der Waals surface area contributed by atoms with E-state index in [9.17, 15) is 0 Å². The monoisotopic (exact) mass is 174 g/mol. The number of hydrogen-bond donors (Lipinski definition) is 0. The van der Waals surface area contributed by atoms with Crippen LogP contribution in [0.5, 0.6) is 0 Å². The minimum atomic E-state index is 0.202. The average molecular weight is 174 g/mol. The molecule has 68 valence electrons. The van der Waals surface area contributed by atoms with E-state index in [0.717, 1.165) is 10.7 Å². The number of rotatable bonds is 0. The van der Waals surface area contributed by atoms with Gasteiger partial charge in [-0.3, -0.25) is 9.98 Å². The zero-order valence-electron chi connectivity index (χ0n) is 8.33. The van der Waals surface area contributed by atoms with Crippen LogP contribution in [-0.2, 0) is 5.41 Å². The zero-order valence-corrected chi connectivity index (χ0v) is 8.33. The predicted molar refractivity (Wildman–Crippen MR) is 52.3 cm³/mol. The average Bonchev–Trinajstić information content (AvgIpc) is 2.47. The summed E-state index contributed by atoms with van der Waals surface area (Å²) in [5.41, 5.74) is 1.53. The summed E-state index contributed by atoms with van der Waals surface area (Å²) in [6.45, 7) is 7.23. The van der Waals surface area contributed by atoms with Gasteiger partial charge >= 0.3 is 0 Å². The largest absolute Gasteiger partial charge is 0.260 e. The van der Waals surface area contributed by atoms with Crippen molar-refractivity contribution < 1.29 is 0 Å². The molecule has 0 fully saturated rings. The smallest absolute Gasteiger partial charge is 0.130 e. The quantitative estimate of drug-likeness (QED) is 0.564. The van der Waals surface area contributed by atoms with E-state index in [-0.39, 0.29) is 5.41 Å². The maximum absolute atomic E-state index is 4.31. The highest BCUT2D eigenvalue weighted by Gasteiger charge is 2.13. The number of hydrogen-bond acceptors (Lipinski definition) is 2. The van der Waals surface area contributed by atoms with Crippen molar-refractivity contribution in [1.82, 2.24) is 0 Å². The van der Waals surface area contributed by atoms with E-state index in [1.807, 2.05) is 0 Å². The first-order valence-electron chi connectivity index (χ1n) is 4.57. The molecule has 1 aliphatic heterocycles. The molecule has 0 saturated heterocycles. The lowest BCUT2D eigenvalue weighted by Gasteiger charge is -2.18. The van der Waals surface area contributed by atoms with Crippen molar-refractivity contribution in [3.63, 3.8) is 0 Å². The summed E-state index contributed by atoms with van der Waals surface area (Å²) in [7, 11) is 0. The first-order chi connectivity index (χ1) is 6.07. The molecule has 0 unspecified atom stereocenters. The molecule has 0 atom stereocenters. The van der Waals surface area contributed by atoms with Crippen LogP contribution >= 0.6 is 0 Å². The Labute approximate surface area is 78.0 Å². The van der Waals surface area contributed by atoms with Gasteiger partial charge in [-0.2, -0.15) is 0 Å². The van der Waals surface area contributed by atoms with Crippen LogP contribution in [0.3, 0.4) is 0 Å². The minimum absolute atomic E-state index is 0.202. The van der Waals surface area contributed by atoms with E-state index in [1.54, 1.807) is 0 Å². The molecule has 0 aliphatic carbocycles. The summed E-state index contributed by atoms with van der Waals surface area (Å²) >= 11 is 0. The third kappa shape index (κ3) is 1.48. The Balaban J connectivity index is 2.62. The lowest BCUT2D eigenvalue weighted by Crippen LogP contribution is -2.24. The van der Waals surface area contributed by atoms with Crippen molar-refractivity contribution in [2.24, 2.45) is 9.98 Å². The number of fused-ring (bicyclic) bond motifs is 1. The lowest BCUT2D eigenvalue weighted by molar-refractivity contribution is 0.589. The summed E-state index contributed by atoms with van der Waals surface area (Å²) in [5, 5.41) is 2.08. The second kappa shape index (κ2) is 2.66. The van der Waals surface area contributed by atoms with Gasteiger partial charge in [0, 0.05) is 0 Å². The fourth-order valence-corrected chi connectivity index (χ4v) is 1.44. The summed E-state index contributed by atoms with van der Waals surface area (Å²) in [4.78, 5) is 8.56. The van der Waals surface area contributed by atoms with Crippen LogP contribution in [0, 0.1) is 0 Å². The SMILES string of the molecule is CC(C)(C)c1ccc2c(c1)=NCN=2. The van der Waals surface area contributed by atoms with Gasteiger partial charge < -0.3 is 0 Å². The van der Waals surface area contributed by atoms with Crippen LogP contribution < -0.4 is 10.7 Å². The maximum Gasteiger partial charge on any atom is 0.130 e. The number of nitrogens with zero attached hydrogens (tertiary/aromatic N) is 2. The zero-order chi connectivity index (χ0) is 9.47. The third-order valence-corrected chi connectivity index (χ3v) is 2.32. The second-order valence-corrected chi connectivity index (χ2v) is 4.41. The van der Waals surface area contributed by atoms with E-state index in [2.05, 4.69) is 49.0 Å². The van der Waals surface area contributed by atoms with E-state index < -0.39 is 0 Å². The van der Waals surface area contributed by atoms with Crippen LogP contribution in [0.25, 0.3) is 0 Å². The minimum Gasteiger partial charge on any atom is -0.260 e. The van der Waals surface area contributed by atoms with Crippen molar-refractivity contribution in [2.75, 3.05) is 6.67 Å². The molecule has 0 amide bonds. The van der Waals surface area contributed by atoms with Gasteiger partial charge in [-0.25, -0.2) is 0 Å². The van der Waals surface area contributed by atoms with Gasteiger partial charge in [0.1, 0.15) is 6.67 Å². The summed E-state index contributed by atoms with van der Waals surface area (Å²) in [6.07, 6.45) is 0. The van der Waals surface area contributed by atoms with E-state index in [4.69, 9.17) is 0 Å². The van der Waals surface area contributed by atoms with Gasteiger partial charge in [-0.15, -0.1) is 0 Å². The molecule has 0 N–H and O–H groups in total. The molecule has 0 aromatic heterocycles. The van der Waals surface area contributed by atoms with Gasteiger partial charge in [0.05, 0.1) is 10.7 Å². The fourth-order valence-electron chi connectivity index (χ4n) is 1.44. The Morgan fingerprint density at radius 3 is 2.46 bits per heavy atom. The van der Waals surface area contributed by atoms with Crippen molar-refractivity contribution >= 4 is 0 Å². The first kappa shape index (κ1) is 8.42. The molecule has 0 spiro atoms. The topological polar surface area (TPSA) is 24.7 Å². The van der Waals surface area contributed by atoms with Crippen LogP contribution in [-0.4, -0.2) is 6.67 Å². The molecule has 1 aromatic carbocycles. The molecule has 0 radical (unpaired) electrons. The molecule has 2 rings (SSSR count). The Kier molecular flexibility index (Phi) is 1.72. The summed E-state index contributed by atoms with van der Waals surface area (Å²) in [6, 6.07) is 6.35. The van der Waals surface area contributed by atoms with E-state index in [0.29, 0.717) is 6.67 Å². The second-order valence-electron chi connectivity index (χ2n) is 4.41. The van der Waals surface area contributed by atoms with Crippen molar-refractivity contribution in [1.29, 1.82) is 0 Å². The highest BCUT2D eigenvalue weighted by atomic mass is 15.0. The Hall–Kier alpha value is -1.18. The Morgan fingerprint density at radius 2 is 1.77 bits per heavy atom. The van der Waals surface area contributed by atoms with E-state index in [1.165, 1.54) is 5.56 Å². The van der Waals surface area contributed by atoms with Gasteiger partial charge in [-0.05, 0) is 23.1 Å². The van der Waals surface area contributed by atoms with Crippen molar-refractivity contribution in [3.05, 3.63) is 34.5 Å². The molecule has 2 heteroatoms. The Bertz CT molecular complexity index is 438. The van der Waals surface area contributed by atoms with Gasteiger partial charge in [0.25, 0.3) is 0 Å². The molecule has 13 heavy (non-hydrogen) atoms. The van der Waals surface area contributed by atoms with Gasteiger partial charge in [-0.1, -0.05) is 26.8 Å². The highest BCUT2D eigenvalue weighted by Crippen LogP contribution is 2.19. The van der Waals surface area contributed by atoms with Crippen LogP contribution in [0.2, 0.25) is 0 Å². The highest BCUT2D eigenvalue weighted by molar-refractivity contribution is 5.22. The summed E-state index contributed by atoms with van der Waals surface area (Å²) in [5.74, 6) is 0. The molecular formula is C11H14N2. The van der Waals surface area contributed by atoms with Crippen molar-refractivity contribution in [3.8, 4) is 0 Å². The molecule has 1 aromatic rings. The van der Waals surface area contributed by atoms with Gasteiger partial charge in [0.2, 0.25) is 0 Å². The molecule has 1 aliphatic rings. The standard InChI is InChI=1S/C11H14N2/c1-11(2,3)8-4-5-9-10(6-8)13-7-12-9/h4-6H,7H2,1-3H3. The third-order valence-electron chi connectivity index (χ3n) is 2.32. The van der Waals surface area contributed by atoms with Crippen LogP contribution in [0.1, 0.15) is 26.3 Å². The number of benzene rings is 1. The molecule has 0 saturated carbocycles. The van der Waals surface area contributed by atoms with Crippen LogP contribution in [0.4, 0.5) is 0 Å². The predicted octanol–water partition coefficient (Wildman–Crippen LogP) is 1.19. The molecule has 0 bridgehead atoms.